The number of Topliss-reactive ketones (excluding diaryl/α,β-unsaturated/α-hetero) is 2. The van der Waals surface area contributed by atoms with Gasteiger partial charge in [0.2, 0.25) is 5.78 Å². The van der Waals surface area contributed by atoms with Crippen LogP contribution in [0.2, 0.25) is 0 Å². The SMILES string of the molecule is CN(C)c1cc(CN(C)C2CCC3(CC2)CC3)c(O)c2c1C[C@H]1C[C@H]3[C@H](N(C)C)C(=O)C(C(N)=O)=C(O)[C@@]3(O)C(=O)C1=C2O. The molecule has 5 aliphatic carbocycles. The smallest absolute Gasteiger partial charge is 0.255 e. The van der Waals surface area contributed by atoms with Crippen LogP contribution < -0.4 is 10.6 Å². The molecule has 3 fully saturated rings. The maximum atomic E-state index is 14.2. The van der Waals surface area contributed by atoms with E-state index in [4.69, 9.17) is 5.73 Å². The van der Waals surface area contributed by atoms with Crippen LogP contribution in [0.15, 0.2) is 23.0 Å². The second kappa shape index (κ2) is 10.3. The number of anilines is 1. The van der Waals surface area contributed by atoms with Gasteiger partial charge < -0.3 is 31.1 Å². The van der Waals surface area contributed by atoms with Gasteiger partial charge in [-0.25, -0.2) is 0 Å². The predicted octanol–water partition coefficient (Wildman–Crippen LogP) is 2.18. The zero-order chi connectivity index (χ0) is 32.0. The van der Waals surface area contributed by atoms with Gasteiger partial charge in [-0.15, -0.1) is 0 Å². The minimum atomic E-state index is -2.65. The second-order valence-electron chi connectivity index (χ2n) is 14.3. The van der Waals surface area contributed by atoms with Gasteiger partial charge in [-0.3, -0.25) is 24.2 Å². The summed E-state index contributed by atoms with van der Waals surface area (Å²) in [6, 6.07) is 1.21. The van der Waals surface area contributed by atoms with E-state index in [-0.39, 0.29) is 29.7 Å². The Balaban J connectivity index is 1.43. The van der Waals surface area contributed by atoms with Gasteiger partial charge in [0.15, 0.2) is 11.4 Å². The quantitative estimate of drug-likeness (QED) is 0.302. The van der Waals surface area contributed by atoms with E-state index in [2.05, 4.69) is 11.9 Å². The van der Waals surface area contributed by atoms with Crippen molar-refractivity contribution in [1.29, 1.82) is 0 Å². The summed E-state index contributed by atoms with van der Waals surface area (Å²) < 4.78 is 0. The number of fused-ring (bicyclic) bond motifs is 3. The van der Waals surface area contributed by atoms with Crippen LogP contribution in [-0.2, 0) is 27.3 Å². The number of phenols is 1. The first kappa shape index (κ1) is 30.6. The van der Waals surface area contributed by atoms with E-state index in [1.54, 1.807) is 14.1 Å². The summed E-state index contributed by atoms with van der Waals surface area (Å²) in [5.41, 5.74) is 4.60. The Labute approximate surface area is 257 Å². The second-order valence-corrected chi connectivity index (χ2v) is 14.3. The number of nitrogens with two attached hydrogens (primary N) is 1. The molecule has 6 rings (SSSR count). The number of amides is 1. The Kier molecular flexibility index (Phi) is 7.18. The lowest BCUT2D eigenvalue weighted by atomic mass is 9.57. The number of likely N-dealkylation sites (N-methyl/N-ethyl adjacent to an activating group) is 1. The lowest BCUT2D eigenvalue weighted by Crippen LogP contribution is -2.65. The van der Waals surface area contributed by atoms with Gasteiger partial charge in [-0.1, -0.05) is 0 Å². The van der Waals surface area contributed by atoms with Crippen molar-refractivity contribution in [3.05, 3.63) is 39.7 Å². The van der Waals surface area contributed by atoms with Crippen LogP contribution in [0.1, 0.15) is 61.6 Å². The predicted molar refractivity (Wildman–Crippen MR) is 164 cm³/mol. The highest BCUT2D eigenvalue weighted by Crippen LogP contribution is 2.57. The van der Waals surface area contributed by atoms with Crippen molar-refractivity contribution in [2.45, 2.75) is 75.6 Å². The summed E-state index contributed by atoms with van der Waals surface area (Å²) >= 11 is 0. The van der Waals surface area contributed by atoms with E-state index in [9.17, 15) is 34.8 Å². The number of carbonyl (C=O) groups is 3. The van der Waals surface area contributed by atoms with Crippen molar-refractivity contribution < 1.29 is 34.8 Å². The molecule has 0 aliphatic heterocycles. The average Bonchev–Trinajstić information content (AvgIpc) is 3.70. The highest BCUT2D eigenvalue weighted by Gasteiger charge is 2.64. The lowest BCUT2D eigenvalue weighted by Gasteiger charge is -2.50. The molecule has 0 aromatic heterocycles. The third-order valence-corrected chi connectivity index (χ3v) is 11.3. The van der Waals surface area contributed by atoms with Crippen LogP contribution in [0.25, 0.3) is 5.76 Å². The molecule has 44 heavy (non-hydrogen) atoms. The standard InChI is InChI=1S/C33H44N4O7/c1-35(2)21-14-17(15-37(5)18-6-8-32(9-7-18)10-11-32)26(38)23-19(21)12-16-13-20-25(36(3)4)28(40)24(31(34)43)30(42)33(20,44)29(41)22(16)27(23)39/h14,16,18,20,25,38-39,42,44H,6-13,15H2,1-5H3,(H2,34,43)/t16-,20-,25-,33-/m0/s1. The van der Waals surface area contributed by atoms with Crippen LogP contribution in [0.3, 0.4) is 0 Å². The molecule has 4 atom stereocenters. The molecular formula is C33H44N4O7. The maximum absolute atomic E-state index is 14.2. The van der Waals surface area contributed by atoms with Gasteiger partial charge in [0.1, 0.15) is 22.8 Å². The van der Waals surface area contributed by atoms with Gasteiger partial charge in [0, 0.05) is 49.4 Å². The molecule has 238 valence electrons. The number of primary amides is 1. The molecule has 1 spiro atoms. The third kappa shape index (κ3) is 4.38. The van der Waals surface area contributed by atoms with Crippen molar-refractivity contribution in [2.75, 3.05) is 40.1 Å². The molecule has 11 heteroatoms. The molecule has 1 aromatic rings. The number of nitrogens with zero attached hydrogens (tertiary/aromatic N) is 3. The first-order chi connectivity index (χ1) is 20.6. The molecule has 0 bridgehead atoms. The van der Waals surface area contributed by atoms with E-state index in [1.807, 2.05) is 25.1 Å². The van der Waals surface area contributed by atoms with Crippen LogP contribution in [0.5, 0.6) is 5.75 Å². The number of rotatable bonds is 6. The lowest BCUT2D eigenvalue weighted by molar-refractivity contribution is -0.153. The Morgan fingerprint density at radius 3 is 2.20 bits per heavy atom. The van der Waals surface area contributed by atoms with Crippen molar-refractivity contribution in [2.24, 2.45) is 23.0 Å². The van der Waals surface area contributed by atoms with Gasteiger partial charge >= 0.3 is 0 Å². The fraction of sp³-hybridized carbons (Fsp3) is 0.606. The zero-order valence-corrected chi connectivity index (χ0v) is 26.2. The summed E-state index contributed by atoms with van der Waals surface area (Å²) in [5.74, 6) is -6.39. The van der Waals surface area contributed by atoms with Gasteiger partial charge in [-0.05, 0) is 95.5 Å². The van der Waals surface area contributed by atoms with Crippen LogP contribution in [0, 0.1) is 17.3 Å². The molecule has 0 radical (unpaired) electrons. The summed E-state index contributed by atoms with van der Waals surface area (Å²) in [6.07, 6.45) is 7.64. The first-order valence-electron chi connectivity index (χ1n) is 15.5. The van der Waals surface area contributed by atoms with Crippen LogP contribution in [0.4, 0.5) is 5.69 Å². The van der Waals surface area contributed by atoms with Crippen LogP contribution in [-0.4, -0.2) is 101 Å². The molecular weight excluding hydrogens is 564 g/mol. The Morgan fingerprint density at radius 1 is 1.02 bits per heavy atom. The molecule has 1 amide bonds. The molecule has 5 aliphatic rings. The van der Waals surface area contributed by atoms with Crippen molar-refractivity contribution in [1.82, 2.24) is 9.80 Å². The largest absolute Gasteiger partial charge is 0.508 e. The number of carbonyl (C=O) groups excluding carboxylic acids is 3. The molecule has 3 saturated carbocycles. The maximum Gasteiger partial charge on any atom is 0.255 e. The summed E-state index contributed by atoms with van der Waals surface area (Å²) in [7, 11) is 8.99. The zero-order valence-electron chi connectivity index (χ0n) is 26.2. The first-order valence-corrected chi connectivity index (χ1v) is 15.5. The Bertz CT molecular complexity index is 1510. The number of hydrogen-bond donors (Lipinski definition) is 5. The van der Waals surface area contributed by atoms with Gasteiger partial charge in [-0.2, -0.15) is 0 Å². The summed E-state index contributed by atoms with van der Waals surface area (Å²) in [5, 5.41) is 46.4. The molecule has 0 heterocycles. The van der Waals surface area contributed by atoms with Gasteiger partial charge in [0.05, 0.1) is 11.6 Å². The Hall–Kier alpha value is -3.41. The summed E-state index contributed by atoms with van der Waals surface area (Å²) in [4.78, 5) is 45.4. The number of phenolic OH excluding ortho intramolecular Hbond substituents is 1. The monoisotopic (exact) mass is 608 g/mol. The van der Waals surface area contributed by atoms with Crippen molar-refractivity contribution in [3.8, 4) is 5.75 Å². The highest BCUT2D eigenvalue weighted by molar-refractivity contribution is 6.24. The van der Waals surface area contributed by atoms with E-state index in [0.29, 0.717) is 29.1 Å². The van der Waals surface area contributed by atoms with E-state index in [1.165, 1.54) is 30.6 Å². The summed E-state index contributed by atoms with van der Waals surface area (Å²) in [6.45, 7) is 0.446. The number of aromatic hydroxyl groups is 1. The number of aliphatic hydroxyl groups excluding tert-OH is 2. The Morgan fingerprint density at radius 2 is 1.66 bits per heavy atom. The normalized spacial score (nSPS) is 29.7. The van der Waals surface area contributed by atoms with Crippen molar-refractivity contribution >= 4 is 28.9 Å². The number of benzene rings is 1. The van der Waals surface area contributed by atoms with Crippen molar-refractivity contribution in [3.63, 3.8) is 0 Å². The molecule has 6 N–H and O–H groups in total. The number of aliphatic hydroxyl groups is 3. The van der Waals surface area contributed by atoms with Gasteiger partial charge in [0.25, 0.3) is 5.91 Å². The fourth-order valence-electron chi connectivity index (χ4n) is 8.60. The van der Waals surface area contributed by atoms with Crippen LogP contribution >= 0.6 is 0 Å². The minimum Gasteiger partial charge on any atom is -0.508 e. The average molecular weight is 609 g/mol. The van der Waals surface area contributed by atoms with E-state index >= 15 is 0 Å². The topological polar surface area (TPSA) is 168 Å². The minimum absolute atomic E-state index is 0.0626. The third-order valence-electron chi connectivity index (χ3n) is 11.3. The molecule has 0 unspecified atom stereocenters. The number of ketones is 2. The molecule has 1 aromatic carbocycles. The fourth-order valence-corrected chi connectivity index (χ4v) is 8.60. The van der Waals surface area contributed by atoms with E-state index in [0.717, 1.165) is 18.5 Å². The molecule has 0 saturated heterocycles. The highest BCUT2D eigenvalue weighted by atomic mass is 16.3. The van der Waals surface area contributed by atoms with E-state index < -0.39 is 58.0 Å². The number of hydrogen-bond acceptors (Lipinski definition) is 10. The molecule has 11 nitrogen and oxygen atoms in total.